The number of benzene rings is 1. The second kappa shape index (κ2) is 2.72. The first-order valence-electron chi connectivity index (χ1n) is 4.10. The summed E-state index contributed by atoms with van der Waals surface area (Å²) in [6.07, 6.45) is 0. The maximum atomic E-state index is 11.1. The van der Waals surface area contributed by atoms with E-state index in [2.05, 4.69) is 11.4 Å². The molecule has 1 aromatic carbocycles. The van der Waals surface area contributed by atoms with Gasteiger partial charge in [-0.05, 0) is 18.1 Å². The van der Waals surface area contributed by atoms with E-state index in [1.54, 1.807) is 6.92 Å². The van der Waals surface area contributed by atoms with Crippen LogP contribution in [0.3, 0.4) is 0 Å². The minimum Gasteiger partial charge on any atom is -0.300 e. The molecule has 1 aliphatic rings. The molecule has 0 unspecified atom stereocenters. The number of carbonyl (C=O) groups is 1. The van der Waals surface area contributed by atoms with Crippen LogP contribution in [0.15, 0.2) is 24.3 Å². The van der Waals surface area contributed by atoms with E-state index in [1.807, 2.05) is 18.2 Å². The molecule has 2 rings (SSSR count). The minimum atomic E-state index is -0.0683. The molecular formula is C10H11NO. The number of Topliss-reactive ketones (excluding diaryl/α,β-unsaturated/α-hetero) is 1. The second-order valence-corrected chi connectivity index (χ2v) is 3.12. The lowest BCUT2D eigenvalue weighted by Gasteiger charge is -2.06. The van der Waals surface area contributed by atoms with Crippen LogP contribution in [-0.2, 0) is 11.3 Å². The third-order valence-corrected chi connectivity index (χ3v) is 2.27. The number of ketones is 1. The van der Waals surface area contributed by atoms with Crippen LogP contribution in [0.5, 0.6) is 0 Å². The van der Waals surface area contributed by atoms with Crippen molar-refractivity contribution in [3.05, 3.63) is 35.4 Å². The molecule has 0 spiro atoms. The van der Waals surface area contributed by atoms with Crippen LogP contribution < -0.4 is 5.32 Å². The lowest BCUT2D eigenvalue weighted by Crippen LogP contribution is -2.19. The summed E-state index contributed by atoms with van der Waals surface area (Å²) in [5.74, 6) is 0.194. The third-order valence-electron chi connectivity index (χ3n) is 2.27. The Kier molecular flexibility index (Phi) is 1.70. The summed E-state index contributed by atoms with van der Waals surface area (Å²) in [6, 6.07) is 7.98. The van der Waals surface area contributed by atoms with E-state index < -0.39 is 0 Å². The van der Waals surface area contributed by atoms with Crippen molar-refractivity contribution in [2.24, 2.45) is 0 Å². The largest absolute Gasteiger partial charge is 0.300 e. The molecule has 1 aliphatic heterocycles. The summed E-state index contributed by atoms with van der Waals surface area (Å²) < 4.78 is 0. The topological polar surface area (TPSA) is 29.1 Å². The number of nitrogens with one attached hydrogen (secondary N) is 1. The molecule has 62 valence electrons. The highest BCUT2D eigenvalue weighted by molar-refractivity contribution is 5.84. The summed E-state index contributed by atoms with van der Waals surface area (Å²) >= 11 is 0. The Morgan fingerprint density at radius 3 is 3.00 bits per heavy atom. The van der Waals surface area contributed by atoms with Crippen molar-refractivity contribution in [2.75, 3.05) is 0 Å². The normalized spacial score (nSPS) is 20.6. The number of hydrogen-bond acceptors (Lipinski definition) is 2. The van der Waals surface area contributed by atoms with Gasteiger partial charge in [0.1, 0.15) is 0 Å². The first kappa shape index (κ1) is 7.50. The van der Waals surface area contributed by atoms with Gasteiger partial charge in [0.25, 0.3) is 0 Å². The zero-order valence-corrected chi connectivity index (χ0v) is 7.00. The van der Waals surface area contributed by atoms with Crippen molar-refractivity contribution in [1.82, 2.24) is 5.32 Å². The number of hydrogen-bond donors (Lipinski definition) is 1. The van der Waals surface area contributed by atoms with Crippen LogP contribution in [-0.4, -0.2) is 5.78 Å². The molecule has 2 nitrogen and oxygen atoms in total. The Morgan fingerprint density at radius 1 is 1.50 bits per heavy atom. The third kappa shape index (κ3) is 1.04. The zero-order valence-electron chi connectivity index (χ0n) is 7.00. The average molecular weight is 161 g/mol. The van der Waals surface area contributed by atoms with Crippen LogP contribution in [0.4, 0.5) is 0 Å². The Balaban J connectivity index is 2.42. The summed E-state index contributed by atoms with van der Waals surface area (Å²) in [4.78, 5) is 11.1. The zero-order chi connectivity index (χ0) is 8.55. The summed E-state index contributed by atoms with van der Waals surface area (Å²) in [6.45, 7) is 2.44. The first-order chi connectivity index (χ1) is 5.79. The van der Waals surface area contributed by atoms with Gasteiger partial charge in [-0.1, -0.05) is 24.3 Å². The molecule has 0 saturated heterocycles. The van der Waals surface area contributed by atoms with Crippen LogP contribution >= 0.6 is 0 Å². The van der Waals surface area contributed by atoms with Gasteiger partial charge in [-0.25, -0.2) is 0 Å². The highest BCUT2D eigenvalue weighted by Gasteiger charge is 2.24. The molecule has 0 bridgehead atoms. The van der Waals surface area contributed by atoms with E-state index in [0.717, 1.165) is 12.1 Å². The Hall–Kier alpha value is -1.15. The van der Waals surface area contributed by atoms with Crippen LogP contribution in [0.25, 0.3) is 0 Å². The van der Waals surface area contributed by atoms with E-state index in [-0.39, 0.29) is 11.8 Å². The number of rotatable bonds is 1. The minimum absolute atomic E-state index is 0.0683. The fourth-order valence-electron chi connectivity index (χ4n) is 1.66. The van der Waals surface area contributed by atoms with E-state index in [4.69, 9.17) is 0 Å². The van der Waals surface area contributed by atoms with Gasteiger partial charge in [0.15, 0.2) is 5.78 Å². The molecule has 2 heteroatoms. The molecule has 1 aromatic rings. The maximum Gasteiger partial charge on any atom is 0.151 e. The van der Waals surface area contributed by atoms with Gasteiger partial charge < -0.3 is 0 Å². The SMILES string of the molecule is CC(=O)[C@@H]1NCc2ccccc21. The molecule has 0 saturated carbocycles. The Bertz CT molecular complexity index is 319. The monoisotopic (exact) mass is 161 g/mol. The van der Waals surface area contributed by atoms with Crippen molar-refractivity contribution >= 4 is 5.78 Å². The van der Waals surface area contributed by atoms with Crippen molar-refractivity contribution in [3.63, 3.8) is 0 Å². The molecule has 12 heavy (non-hydrogen) atoms. The van der Waals surface area contributed by atoms with Crippen LogP contribution in [0.2, 0.25) is 0 Å². The predicted octanol–water partition coefficient (Wildman–Crippen LogP) is 1.42. The molecule has 0 radical (unpaired) electrons. The molecule has 0 fully saturated rings. The van der Waals surface area contributed by atoms with E-state index in [9.17, 15) is 4.79 Å². The number of fused-ring (bicyclic) bond motifs is 1. The molecule has 1 N–H and O–H groups in total. The average Bonchev–Trinajstić information content (AvgIpc) is 2.47. The van der Waals surface area contributed by atoms with E-state index in [1.165, 1.54) is 5.56 Å². The van der Waals surface area contributed by atoms with Crippen molar-refractivity contribution in [3.8, 4) is 0 Å². The quantitative estimate of drug-likeness (QED) is 0.675. The van der Waals surface area contributed by atoms with Gasteiger partial charge in [-0.3, -0.25) is 10.1 Å². The molecule has 0 aromatic heterocycles. The maximum absolute atomic E-state index is 11.1. The lowest BCUT2D eigenvalue weighted by molar-refractivity contribution is -0.118. The molecule has 0 amide bonds. The number of carbonyl (C=O) groups excluding carboxylic acids is 1. The summed E-state index contributed by atoms with van der Waals surface area (Å²) in [7, 11) is 0. The smallest absolute Gasteiger partial charge is 0.151 e. The molecule has 1 atom stereocenters. The van der Waals surface area contributed by atoms with Gasteiger partial charge in [0.05, 0.1) is 6.04 Å². The van der Waals surface area contributed by atoms with Crippen LogP contribution in [0, 0.1) is 0 Å². The highest BCUT2D eigenvalue weighted by atomic mass is 16.1. The van der Waals surface area contributed by atoms with E-state index >= 15 is 0 Å². The van der Waals surface area contributed by atoms with Gasteiger partial charge in [0.2, 0.25) is 0 Å². The Labute approximate surface area is 71.6 Å². The highest BCUT2D eigenvalue weighted by Crippen LogP contribution is 2.24. The van der Waals surface area contributed by atoms with Gasteiger partial charge >= 0.3 is 0 Å². The van der Waals surface area contributed by atoms with Gasteiger partial charge in [-0.2, -0.15) is 0 Å². The fraction of sp³-hybridized carbons (Fsp3) is 0.300. The van der Waals surface area contributed by atoms with Crippen molar-refractivity contribution in [2.45, 2.75) is 19.5 Å². The van der Waals surface area contributed by atoms with Crippen LogP contribution in [0.1, 0.15) is 24.1 Å². The van der Waals surface area contributed by atoms with Crippen molar-refractivity contribution in [1.29, 1.82) is 0 Å². The van der Waals surface area contributed by atoms with Gasteiger partial charge in [0, 0.05) is 6.54 Å². The fourth-order valence-corrected chi connectivity index (χ4v) is 1.66. The molecular weight excluding hydrogens is 150 g/mol. The molecule has 1 heterocycles. The summed E-state index contributed by atoms with van der Waals surface area (Å²) in [5.41, 5.74) is 2.39. The Morgan fingerprint density at radius 2 is 2.25 bits per heavy atom. The lowest BCUT2D eigenvalue weighted by atomic mass is 10.0. The standard InChI is InChI=1S/C10H11NO/c1-7(12)10-9-5-3-2-4-8(9)6-11-10/h2-5,10-11H,6H2,1H3/t10-/m0/s1. The summed E-state index contributed by atoms with van der Waals surface area (Å²) in [5, 5.41) is 3.17. The first-order valence-corrected chi connectivity index (χ1v) is 4.10. The van der Waals surface area contributed by atoms with Gasteiger partial charge in [-0.15, -0.1) is 0 Å². The van der Waals surface area contributed by atoms with E-state index in [0.29, 0.717) is 0 Å². The second-order valence-electron chi connectivity index (χ2n) is 3.12. The molecule has 0 aliphatic carbocycles. The predicted molar refractivity (Wildman–Crippen MR) is 46.7 cm³/mol. The van der Waals surface area contributed by atoms with Crippen molar-refractivity contribution < 1.29 is 4.79 Å².